The van der Waals surface area contributed by atoms with E-state index >= 15 is 0 Å². The molecule has 0 aromatic heterocycles. The molecule has 2 aliphatic carbocycles. The molecule has 0 radical (unpaired) electrons. The summed E-state index contributed by atoms with van der Waals surface area (Å²) in [5.74, 6) is 1.15. The van der Waals surface area contributed by atoms with Crippen molar-refractivity contribution in [3.8, 4) is 5.75 Å². The Kier molecular flexibility index (Phi) is 10.2. The van der Waals surface area contributed by atoms with Gasteiger partial charge in [0, 0.05) is 42.0 Å². The number of anilines is 1. The van der Waals surface area contributed by atoms with Gasteiger partial charge >= 0.3 is 0 Å². The van der Waals surface area contributed by atoms with Crippen molar-refractivity contribution in [2.24, 2.45) is 27.3 Å². The van der Waals surface area contributed by atoms with Gasteiger partial charge in [-0.15, -0.1) is 10.9 Å². The molecule has 44 heavy (non-hydrogen) atoms. The molecule has 9 heteroatoms. The number of hydrogen-bond donors (Lipinski definition) is 1. The highest BCUT2D eigenvalue weighted by Crippen LogP contribution is 2.47. The lowest BCUT2D eigenvalue weighted by molar-refractivity contribution is 0.0135. The summed E-state index contributed by atoms with van der Waals surface area (Å²) < 4.78 is 29.5. The molecule has 1 spiro atoms. The van der Waals surface area contributed by atoms with Crippen LogP contribution in [-0.4, -0.2) is 48.8 Å². The maximum atomic E-state index is 13.4. The van der Waals surface area contributed by atoms with Gasteiger partial charge in [0.1, 0.15) is 15.7 Å². The second-order valence-corrected chi connectivity index (χ2v) is 15.2. The molecule has 238 valence electrons. The maximum Gasteiger partial charge on any atom is 0.286 e. The summed E-state index contributed by atoms with van der Waals surface area (Å²) in [4.78, 5) is 15.8. The molecule has 1 amide bonds. The van der Waals surface area contributed by atoms with E-state index in [2.05, 4.69) is 28.0 Å². The van der Waals surface area contributed by atoms with Gasteiger partial charge in [-0.25, -0.2) is 9.35 Å². The number of carbonyl (C=O) groups is 1. The largest absolute Gasteiger partial charge is 0.490 e. The summed E-state index contributed by atoms with van der Waals surface area (Å²) in [6, 6.07) is 11.6. The van der Waals surface area contributed by atoms with E-state index in [1.165, 1.54) is 11.1 Å². The number of amides is 1. The van der Waals surface area contributed by atoms with Crippen LogP contribution in [0.3, 0.4) is 0 Å². The zero-order chi connectivity index (χ0) is 31.5. The third-order valence-corrected chi connectivity index (χ3v) is 11.4. The van der Waals surface area contributed by atoms with Crippen LogP contribution in [0.5, 0.6) is 5.75 Å². The van der Waals surface area contributed by atoms with Crippen LogP contribution in [0.15, 0.2) is 65.6 Å². The van der Waals surface area contributed by atoms with Crippen LogP contribution in [0.1, 0.15) is 67.4 Å². The first-order valence-corrected chi connectivity index (χ1v) is 17.8. The Morgan fingerprint density at radius 1 is 1.32 bits per heavy atom. The molecule has 3 aliphatic rings. The molecule has 1 fully saturated rings. The predicted molar refractivity (Wildman–Crippen MR) is 180 cm³/mol. The van der Waals surface area contributed by atoms with Gasteiger partial charge in [0.25, 0.3) is 5.91 Å². The van der Waals surface area contributed by atoms with Gasteiger partial charge in [-0.1, -0.05) is 42.8 Å². The topological polar surface area (TPSA) is 94.2 Å². The minimum absolute atomic E-state index is 0.00239. The molecule has 5 rings (SSSR count). The van der Waals surface area contributed by atoms with Gasteiger partial charge in [-0.05, 0) is 105 Å². The lowest BCUT2D eigenvalue weighted by Crippen LogP contribution is -2.49. The van der Waals surface area contributed by atoms with Gasteiger partial charge in [-0.2, -0.15) is 0 Å². The third kappa shape index (κ3) is 7.09. The Bertz CT molecular complexity index is 1530. The fraction of sp³-hybridized carbons (Fsp3) is 0.514. The van der Waals surface area contributed by atoms with Gasteiger partial charge in [0.15, 0.2) is 0 Å². The minimum atomic E-state index is -3.18. The van der Waals surface area contributed by atoms with Crippen LogP contribution >= 0.6 is 11.6 Å². The van der Waals surface area contributed by atoms with E-state index < -0.39 is 15.8 Å². The second-order valence-electron chi connectivity index (χ2n) is 12.9. The minimum Gasteiger partial charge on any atom is -0.490 e. The van der Waals surface area contributed by atoms with E-state index in [0.717, 1.165) is 68.1 Å². The van der Waals surface area contributed by atoms with Crippen LogP contribution in [0.25, 0.3) is 0 Å². The maximum absolute atomic E-state index is 13.4. The van der Waals surface area contributed by atoms with Crippen molar-refractivity contribution in [1.29, 1.82) is 0 Å². The Hall–Kier alpha value is -2.65. The zero-order valence-corrected chi connectivity index (χ0v) is 27.7. The highest BCUT2D eigenvalue weighted by atomic mass is 35.5. The number of nitrogens with zero attached hydrogens (tertiary/aromatic N) is 2. The first-order valence-electron chi connectivity index (χ1n) is 15.7. The molecule has 2 aromatic rings. The number of hydrogen-bond acceptors (Lipinski definition) is 5. The molecule has 6 atom stereocenters. The molecule has 0 saturated heterocycles. The van der Waals surface area contributed by atoms with Crippen molar-refractivity contribution in [2.45, 2.75) is 63.9 Å². The van der Waals surface area contributed by atoms with Crippen molar-refractivity contribution < 1.29 is 18.5 Å². The van der Waals surface area contributed by atoms with E-state index in [-0.39, 0.29) is 23.2 Å². The number of halogens is 1. The molecule has 2 aromatic carbocycles. The smallest absolute Gasteiger partial charge is 0.286 e. The van der Waals surface area contributed by atoms with E-state index in [9.17, 15) is 9.00 Å². The standard InChI is InChI=1S/C35H46ClN3O4S/c1-5-7-9-24(3)21-44(37,41)38-34(40)26-12-16-33-31(19-26)39(20-27-11-14-29(27)32(6-2)42-4)22-35(23-43-33)17-8-10-25-18-28(36)13-15-30(25)35/h5-7,12-13,15-16,18-19,24,27,29,32H,2,8-11,14,17,20-23H2,1,3-4H3,(H2,37,38,40,41)/b7-5+/t24-,27?,29+,32-,35-,44?/m0/s1. The van der Waals surface area contributed by atoms with Crippen molar-refractivity contribution in [1.82, 2.24) is 0 Å². The molecule has 0 bridgehead atoms. The van der Waals surface area contributed by atoms with E-state index in [4.69, 9.17) is 26.2 Å². The highest BCUT2D eigenvalue weighted by Gasteiger charge is 2.44. The van der Waals surface area contributed by atoms with Gasteiger partial charge < -0.3 is 14.4 Å². The number of nitrogens with two attached hydrogens (primary N) is 1. The van der Waals surface area contributed by atoms with Gasteiger partial charge in [0.2, 0.25) is 0 Å². The first-order chi connectivity index (χ1) is 21.1. The molecule has 1 aliphatic heterocycles. The predicted octanol–water partition coefficient (Wildman–Crippen LogP) is 7.12. The summed E-state index contributed by atoms with van der Waals surface area (Å²) >= 11 is 6.41. The average molecular weight is 640 g/mol. The summed E-state index contributed by atoms with van der Waals surface area (Å²) in [6.07, 6.45) is 11.8. The summed E-state index contributed by atoms with van der Waals surface area (Å²) in [6.45, 7) is 9.98. The summed E-state index contributed by atoms with van der Waals surface area (Å²) in [7, 11) is -1.44. The Morgan fingerprint density at radius 3 is 2.84 bits per heavy atom. The Balaban J connectivity index is 1.50. The number of fused-ring (bicyclic) bond motifs is 3. The van der Waals surface area contributed by atoms with Crippen molar-refractivity contribution in [3.05, 3.63) is 82.9 Å². The third-order valence-electron chi connectivity index (χ3n) is 9.68. The number of rotatable bonds is 10. The quantitative estimate of drug-likeness (QED) is 0.279. The molecule has 7 nitrogen and oxygen atoms in total. The van der Waals surface area contributed by atoms with Crippen molar-refractivity contribution >= 4 is 33.1 Å². The molecule has 2 unspecified atom stereocenters. The molecule has 1 saturated carbocycles. The second kappa shape index (κ2) is 13.8. The van der Waals surface area contributed by atoms with Crippen LogP contribution in [0.2, 0.25) is 5.02 Å². The molecular formula is C35H46ClN3O4S. The first kappa shape index (κ1) is 32.7. The van der Waals surface area contributed by atoms with Gasteiger partial charge in [-0.3, -0.25) is 4.79 Å². The number of benzene rings is 2. The van der Waals surface area contributed by atoms with Crippen LogP contribution in [-0.2, 0) is 26.5 Å². The van der Waals surface area contributed by atoms with E-state index in [1.807, 2.05) is 50.3 Å². The van der Waals surface area contributed by atoms with Crippen molar-refractivity contribution in [2.75, 3.05) is 37.5 Å². The zero-order valence-electron chi connectivity index (χ0n) is 26.2. The molecule has 2 N–H and O–H groups in total. The SMILES string of the molecule is C=C[C@H](OC)[C@@H]1CCC1CN1C[C@@]2(CCCc3cc(Cl)ccc32)COc2ccc(C(=O)N=S(N)(=O)C[C@@H](C)C/C=C/C)cc21. The van der Waals surface area contributed by atoms with Crippen LogP contribution in [0, 0.1) is 17.8 Å². The number of aryl methyl sites for hydroxylation is 1. The monoisotopic (exact) mass is 639 g/mol. The number of methoxy groups -OCH3 is 1. The summed E-state index contributed by atoms with van der Waals surface area (Å²) in [5, 5.41) is 6.83. The average Bonchev–Trinajstić information content (AvgIpc) is 3.13. The number of ether oxygens (including phenoxy) is 2. The highest BCUT2D eigenvalue weighted by molar-refractivity contribution is 7.91. The lowest BCUT2D eigenvalue weighted by Gasteiger charge is -2.46. The Morgan fingerprint density at radius 2 is 2.14 bits per heavy atom. The van der Waals surface area contributed by atoms with Crippen molar-refractivity contribution in [3.63, 3.8) is 0 Å². The van der Waals surface area contributed by atoms with Crippen LogP contribution < -0.4 is 14.8 Å². The fourth-order valence-electron chi connectivity index (χ4n) is 7.30. The lowest BCUT2D eigenvalue weighted by atomic mass is 9.68. The fourth-order valence-corrected chi connectivity index (χ4v) is 8.91. The number of allylic oxidation sites excluding steroid dienone is 2. The molecular weight excluding hydrogens is 594 g/mol. The number of carbonyl (C=O) groups excluding carboxylic acids is 1. The Labute approximate surface area is 268 Å². The van der Waals surface area contributed by atoms with E-state index in [1.54, 1.807) is 13.2 Å². The summed E-state index contributed by atoms with van der Waals surface area (Å²) in [5.41, 5.74) is 3.56. The van der Waals surface area contributed by atoms with Crippen LogP contribution in [0.4, 0.5) is 5.69 Å². The normalized spacial score (nSPS) is 25.5. The van der Waals surface area contributed by atoms with Gasteiger partial charge in [0.05, 0.1) is 18.4 Å². The molecule has 1 heterocycles. The van der Waals surface area contributed by atoms with E-state index in [0.29, 0.717) is 24.0 Å².